The summed E-state index contributed by atoms with van der Waals surface area (Å²) in [7, 11) is -3.76. The zero-order valence-electron chi connectivity index (χ0n) is 19.1. The molecule has 0 aromatic heterocycles. The molecule has 0 spiro atoms. The summed E-state index contributed by atoms with van der Waals surface area (Å²) in [6.45, 7) is 5.50. The second kappa shape index (κ2) is 11.7. The van der Waals surface area contributed by atoms with Crippen LogP contribution in [0.5, 0.6) is 0 Å². The van der Waals surface area contributed by atoms with Crippen molar-refractivity contribution in [2.24, 2.45) is 0 Å². The zero-order valence-corrected chi connectivity index (χ0v) is 21.5. The lowest BCUT2D eigenvalue weighted by Gasteiger charge is -2.32. The van der Waals surface area contributed by atoms with Crippen molar-refractivity contribution >= 4 is 50.7 Å². The van der Waals surface area contributed by atoms with E-state index >= 15 is 0 Å². The largest absolute Gasteiger partial charge is 0.355 e. The molecule has 0 aliphatic rings. The number of benzene rings is 2. The molecule has 1 N–H and O–H groups in total. The van der Waals surface area contributed by atoms with E-state index in [1.807, 2.05) is 6.92 Å². The van der Waals surface area contributed by atoms with E-state index in [1.54, 1.807) is 56.3 Å². The first kappa shape index (κ1) is 27.0. The molecule has 2 rings (SSSR count). The Kier molecular flexibility index (Phi) is 9.57. The van der Waals surface area contributed by atoms with Crippen molar-refractivity contribution in [2.45, 2.75) is 39.8 Å². The summed E-state index contributed by atoms with van der Waals surface area (Å²) in [5.41, 5.74) is 2.00. The molecule has 7 nitrogen and oxygen atoms in total. The van der Waals surface area contributed by atoms with E-state index in [0.29, 0.717) is 34.3 Å². The van der Waals surface area contributed by atoms with Crippen molar-refractivity contribution in [3.63, 3.8) is 0 Å². The molecule has 1 unspecified atom stereocenters. The molecule has 2 aromatic carbocycles. The van der Waals surface area contributed by atoms with Crippen LogP contribution >= 0.6 is 23.2 Å². The van der Waals surface area contributed by atoms with E-state index in [-0.39, 0.29) is 12.5 Å². The van der Waals surface area contributed by atoms with E-state index in [1.165, 1.54) is 4.90 Å². The lowest BCUT2D eigenvalue weighted by atomic mass is 10.1. The summed E-state index contributed by atoms with van der Waals surface area (Å²) >= 11 is 12.1. The second-order valence-corrected chi connectivity index (χ2v) is 10.4. The fourth-order valence-corrected chi connectivity index (χ4v) is 4.54. The molecule has 0 heterocycles. The van der Waals surface area contributed by atoms with Crippen LogP contribution in [0.2, 0.25) is 10.0 Å². The van der Waals surface area contributed by atoms with Gasteiger partial charge in [-0.3, -0.25) is 13.9 Å². The summed E-state index contributed by atoms with van der Waals surface area (Å²) in [4.78, 5) is 27.6. The second-order valence-electron chi connectivity index (χ2n) is 7.69. The number of nitrogens with one attached hydrogen (secondary N) is 1. The molecule has 0 fully saturated rings. The highest BCUT2D eigenvalue weighted by molar-refractivity contribution is 7.92. The van der Waals surface area contributed by atoms with Gasteiger partial charge in [0.1, 0.15) is 12.6 Å². The number of rotatable bonds is 10. The number of likely N-dealkylation sites (N-methyl/N-ethyl adjacent to an activating group) is 1. The van der Waals surface area contributed by atoms with Gasteiger partial charge >= 0.3 is 0 Å². The summed E-state index contributed by atoms with van der Waals surface area (Å²) in [6.07, 6.45) is 1.40. The summed E-state index contributed by atoms with van der Waals surface area (Å²) in [6, 6.07) is 11.0. The average molecular weight is 514 g/mol. The summed E-state index contributed by atoms with van der Waals surface area (Å²) < 4.78 is 26.1. The number of hydrogen-bond donors (Lipinski definition) is 1. The maximum absolute atomic E-state index is 13.5. The molecular formula is C23H29Cl2N3O4S. The minimum Gasteiger partial charge on any atom is -0.355 e. The van der Waals surface area contributed by atoms with Gasteiger partial charge in [-0.1, -0.05) is 53.9 Å². The predicted molar refractivity (Wildman–Crippen MR) is 133 cm³/mol. The van der Waals surface area contributed by atoms with Crippen molar-refractivity contribution in [1.82, 2.24) is 10.2 Å². The smallest absolute Gasteiger partial charge is 0.244 e. The first-order valence-electron chi connectivity index (χ1n) is 10.5. The summed E-state index contributed by atoms with van der Waals surface area (Å²) in [5.74, 6) is -0.820. The monoisotopic (exact) mass is 513 g/mol. The van der Waals surface area contributed by atoms with Gasteiger partial charge in [-0.25, -0.2) is 8.42 Å². The van der Waals surface area contributed by atoms with Crippen molar-refractivity contribution < 1.29 is 18.0 Å². The Morgan fingerprint density at radius 1 is 1.03 bits per heavy atom. The molecule has 0 saturated heterocycles. The van der Waals surface area contributed by atoms with Crippen LogP contribution in [-0.4, -0.2) is 50.5 Å². The number of carbonyl (C=O) groups is 2. The molecule has 0 aliphatic heterocycles. The molecule has 0 radical (unpaired) electrons. The highest BCUT2D eigenvalue weighted by Gasteiger charge is 2.31. The predicted octanol–water partition coefficient (Wildman–Crippen LogP) is 4.01. The Balaban J connectivity index is 2.44. The van der Waals surface area contributed by atoms with Crippen LogP contribution in [0, 0.1) is 6.92 Å². The Morgan fingerprint density at radius 2 is 1.67 bits per heavy atom. The highest BCUT2D eigenvalue weighted by Crippen LogP contribution is 2.25. The van der Waals surface area contributed by atoms with Gasteiger partial charge in [-0.15, -0.1) is 0 Å². The molecule has 2 aromatic rings. The van der Waals surface area contributed by atoms with Gasteiger partial charge in [-0.05, 0) is 50.1 Å². The summed E-state index contributed by atoms with van der Waals surface area (Å²) in [5, 5.41) is 3.44. The number of halogens is 2. The Hall–Kier alpha value is -2.29. The first-order valence-corrected chi connectivity index (χ1v) is 13.1. The van der Waals surface area contributed by atoms with Crippen LogP contribution in [0.1, 0.15) is 31.4 Å². The third kappa shape index (κ3) is 7.35. The maximum Gasteiger partial charge on any atom is 0.244 e. The fourth-order valence-electron chi connectivity index (χ4n) is 3.37. The maximum atomic E-state index is 13.5. The van der Waals surface area contributed by atoms with Gasteiger partial charge in [0.2, 0.25) is 21.8 Å². The van der Waals surface area contributed by atoms with E-state index in [4.69, 9.17) is 23.2 Å². The van der Waals surface area contributed by atoms with Crippen LogP contribution in [0.25, 0.3) is 0 Å². The molecule has 2 amide bonds. The Morgan fingerprint density at radius 3 is 2.18 bits per heavy atom. The number of nitrogens with zero attached hydrogens (tertiary/aromatic N) is 2. The van der Waals surface area contributed by atoms with Crippen molar-refractivity contribution in [1.29, 1.82) is 0 Å². The quantitative estimate of drug-likeness (QED) is 0.519. The van der Waals surface area contributed by atoms with Crippen molar-refractivity contribution in [2.75, 3.05) is 23.7 Å². The molecule has 0 saturated carbocycles. The van der Waals surface area contributed by atoms with Crippen LogP contribution in [0.4, 0.5) is 5.69 Å². The van der Waals surface area contributed by atoms with Crippen LogP contribution < -0.4 is 9.62 Å². The number of carbonyl (C=O) groups excluding carboxylic acids is 2. The first-order chi connectivity index (χ1) is 15.5. The normalized spacial score (nSPS) is 12.2. The molecular weight excluding hydrogens is 485 g/mol. The van der Waals surface area contributed by atoms with Crippen LogP contribution in [0.15, 0.2) is 42.5 Å². The molecule has 33 heavy (non-hydrogen) atoms. The molecule has 1 atom stereocenters. The Bertz CT molecular complexity index is 1090. The fraction of sp³-hybridized carbons (Fsp3) is 0.391. The van der Waals surface area contributed by atoms with Gasteiger partial charge in [0, 0.05) is 13.1 Å². The third-order valence-corrected chi connectivity index (χ3v) is 6.95. The highest BCUT2D eigenvalue weighted by atomic mass is 35.5. The van der Waals surface area contributed by atoms with Crippen molar-refractivity contribution in [3.05, 3.63) is 63.6 Å². The Labute approximate surface area is 205 Å². The number of sulfonamides is 1. The number of anilines is 1. The molecule has 0 bridgehead atoms. The number of aryl methyl sites for hydroxylation is 1. The van der Waals surface area contributed by atoms with Crippen LogP contribution in [-0.2, 0) is 26.2 Å². The third-order valence-electron chi connectivity index (χ3n) is 5.08. The number of hydrogen-bond acceptors (Lipinski definition) is 4. The van der Waals surface area contributed by atoms with Crippen molar-refractivity contribution in [3.8, 4) is 0 Å². The van der Waals surface area contributed by atoms with E-state index in [0.717, 1.165) is 16.1 Å². The average Bonchev–Trinajstić information content (AvgIpc) is 2.74. The SMILES string of the molecule is CCNC(=O)C(CC)N(Cc1ccc(Cl)c(Cl)c1)C(=O)CN(c1ccc(C)cc1)S(C)(=O)=O. The van der Waals surface area contributed by atoms with Gasteiger partial charge < -0.3 is 10.2 Å². The van der Waals surface area contributed by atoms with Gasteiger partial charge in [0.25, 0.3) is 0 Å². The minimum absolute atomic E-state index is 0.0663. The molecule has 0 aliphatic carbocycles. The van der Waals surface area contributed by atoms with E-state index in [2.05, 4.69) is 5.32 Å². The zero-order chi connectivity index (χ0) is 24.8. The van der Waals surface area contributed by atoms with Gasteiger partial charge in [-0.2, -0.15) is 0 Å². The van der Waals surface area contributed by atoms with Gasteiger partial charge in [0.05, 0.1) is 22.0 Å². The topological polar surface area (TPSA) is 86.8 Å². The lowest BCUT2D eigenvalue weighted by Crippen LogP contribution is -2.52. The van der Waals surface area contributed by atoms with E-state index < -0.39 is 28.5 Å². The molecule has 10 heteroatoms. The van der Waals surface area contributed by atoms with E-state index in [9.17, 15) is 18.0 Å². The minimum atomic E-state index is -3.76. The lowest BCUT2D eigenvalue weighted by molar-refractivity contribution is -0.140. The number of amides is 2. The van der Waals surface area contributed by atoms with Crippen LogP contribution in [0.3, 0.4) is 0 Å². The molecule has 180 valence electrons. The van der Waals surface area contributed by atoms with Gasteiger partial charge in [0.15, 0.2) is 0 Å². The standard InChI is InChI=1S/C23H29Cl2N3O4S/c1-5-21(23(30)26-6-2)27(14-17-9-12-19(24)20(25)13-17)22(29)15-28(33(4,31)32)18-10-7-16(3)8-11-18/h7-13,21H,5-6,14-15H2,1-4H3,(H,26,30).